The zero-order valence-corrected chi connectivity index (χ0v) is 12.5. The number of ether oxygens (including phenoxy) is 1. The van der Waals surface area contributed by atoms with Crippen LogP contribution in [0.5, 0.6) is 0 Å². The molecule has 2 rings (SSSR count). The minimum absolute atomic E-state index is 0.0308. The van der Waals surface area contributed by atoms with Crippen LogP contribution in [0.15, 0.2) is 30.3 Å². The van der Waals surface area contributed by atoms with Crippen molar-refractivity contribution < 1.29 is 9.53 Å². The molecule has 0 aliphatic heterocycles. The molecule has 0 aliphatic rings. The van der Waals surface area contributed by atoms with E-state index in [1.54, 1.807) is 11.7 Å². The van der Waals surface area contributed by atoms with Gasteiger partial charge in [-0.15, -0.1) is 0 Å². The van der Waals surface area contributed by atoms with Crippen LogP contribution in [0.25, 0.3) is 0 Å². The molecule has 0 saturated heterocycles. The molecule has 0 N–H and O–H groups in total. The van der Waals surface area contributed by atoms with Gasteiger partial charge >= 0.3 is 0 Å². The van der Waals surface area contributed by atoms with Crippen molar-refractivity contribution >= 4 is 17.4 Å². The van der Waals surface area contributed by atoms with E-state index in [1.807, 2.05) is 37.3 Å². The Morgan fingerprint density at radius 1 is 1.40 bits per heavy atom. The lowest BCUT2D eigenvalue weighted by Gasteiger charge is -2.14. The van der Waals surface area contributed by atoms with Gasteiger partial charge in [0.25, 0.3) is 0 Å². The average molecular weight is 293 g/mol. The van der Waals surface area contributed by atoms with E-state index in [0.29, 0.717) is 5.15 Å². The fourth-order valence-electron chi connectivity index (χ4n) is 2.22. The summed E-state index contributed by atoms with van der Waals surface area (Å²) in [5.41, 5.74) is 2.38. The fraction of sp³-hybridized carbons (Fsp3) is 0.333. The number of carbonyl (C=O) groups excluding carboxylic acids is 1. The first-order valence-electron chi connectivity index (χ1n) is 6.33. The lowest BCUT2D eigenvalue weighted by atomic mass is 10.0. The fourth-order valence-corrected chi connectivity index (χ4v) is 2.46. The van der Waals surface area contributed by atoms with Crippen molar-refractivity contribution in [1.82, 2.24) is 9.78 Å². The molecule has 1 heterocycles. The highest BCUT2D eigenvalue weighted by molar-refractivity contribution is 6.30. The van der Waals surface area contributed by atoms with Gasteiger partial charge in [-0.2, -0.15) is 5.10 Å². The second-order valence-corrected chi connectivity index (χ2v) is 5.01. The summed E-state index contributed by atoms with van der Waals surface area (Å²) in [5, 5.41) is 4.71. The van der Waals surface area contributed by atoms with Crippen molar-refractivity contribution in [3.05, 3.63) is 52.3 Å². The van der Waals surface area contributed by atoms with Crippen molar-refractivity contribution in [2.75, 3.05) is 7.11 Å². The van der Waals surface area contributed by atoms with Crippen molar-refractivity contribution in [3.63, 3.8) is 0 Å². The molecule has 4 nitrogen and oxygen atoms in total. The van der Waals surface area contributed by atoms with Crippen LogP contribution < -0.4 is 0 Å². The Kier molecular flexibility index (Phi) is 4.57. The van der Waals surface area contributed by atoms with Gasteiger partial charge in [0.2, 0.25) is 0 Å². The number of rotatable bonds is 5. The molecule has 0 aliphatic carbocycles. The van der Waals surface area contributed by atoms with Gasteiger partial charge in [0, 0.05) is 26.1 Å². The Morgan fingerprint density at radius 2 is 2.05 bits per heavy atom. The summed E-state index contributed by atoms with van der Waals surface area (Å²) in [6.07, 6.45) is -0.363. The van der Waals surface area contributed by atoms with E-state index in [1.165, 1.54) is 7.11 Å². The molecule has 0 spiro atoms. The monoisotopic (exact) mass is 292 g/mol. The molecule has 0 saturated carbocycles. The lowest BCUT2D eigenvalue weighted by molar-refractivity contribution is -0.128. The van der Waals surface area contributed by atoms with Gasteiger partial charge < -0.3 is 4.74 Å². The molecule has 1 atom stereocenters. The number of aromatic nitrogens is 2. The number of aryl methyl sites for hydroxylation is 2. The van der Waals surface area contributed by atoms with Gasteiger partial charge in [-0.3, -0.25) is 9.48 Å². The standard InChI is InChI=1S/C15H17ClN2O2/c1-10-12(15(16)18(2)17-10)9-13(19)14(20-3)11-7-5-4-6-8-11/h4-8,14H,9H2,1-3H3. The quantitative estimate of drug-likeness (QED) is 0.851. The smallest absolute Gasteiger partial charge is 0.170 e. The first kappa shape index (κ1) is 14.8. The van der Waals surface area contributed by atoms with Gasteiger partial charge in [0.15, 0.2) is 5.78 Å². The molecule has 0 bridgehead atoms. The second-order valence-electron chi connectivity index (χ2n) is 4.65. The summed E-state index contributed by atoms with van der Waals surface area (Å²) in [6, 6.07) is 9.43. The number of ketones is 1. The number of Topliss-reactive ketones (excluding diaryl/α,β-unsaturated/α-hetero) is 1. The zero-order valence-electron chi connectivity index (χ0n) is 11.8. The van der Waals surface area contributed by atoms with Crippen LogP contribution in [-0.4, -0.2) is 22.7 Å². The number of hydrogen-bond donors (Lipinski definition) is 0. The van der Waals surface area contributed by atoms with E-state index in [2.05, 4.69) is 5.10 Å². The molecular formula is C15H17ClN2O2. The summed E-state index contributed by atoms with van der Waals surface area (Å²) >= 11 is 6.16. The number of nitrogens with zero attached hydrogens (tertiary/aromatic N) is 2. The molecule has 1 aromatic carbocycles. The molecule has 106 valence electrons. The molecule has 0 fully saturated rings. The van der Waals surface area contributed by atoms with Crippen LogP contribution in [0.1, 0.15) is 22.9 Å². The summed E-state index contributed by atoms with van der Waals surface area (Å²) in [4.78, 5) is 12.4. The van der Waals surface area contributed by atoms with Gasteiger partial charge in [-0.25, -0.2) is 0 Å². The van der Waals surface area contributed by atoms with Crippen molar-refractivity contribution in [3.8, 4) is 0 Å². The van der Waals surface area contributed by atoms with E-state index >= 15 is 0 Å². The summed E-state index contributed by atoms with van der Waals surface area (Å²) < 4.78 is 6.91. The number of halogens is 1. The van der Waals surface area contributed by atoms with Gasteiger partial charge in [0.1, 0.15) is 11.3 Å². The lowest BCUT2D eigenvalue weighted by Crippen LogP contribution is -2.17. The first-order chi connectivity index (χ1) is 9.54. The van der Waals surface area contributed by atoms with Crippen LogP contribution in [0, 0.1) is 6.92 Å². The van der Waals surface area contributed by atoms with Gasteiger partial charge in [-0.1, -0.05) is 41.9 Å². The second kappa shape index (κ2) is 6.20. The summed E-state index contributed by atoms with van der Waals surface area (Å²) in [7, 11) is 3.29. The predicted octanol–water partition coefficient (Wildman–Crippen LogP) is 2.88. The highest BCUT2D eigenvalue weighted by Crippen LogP contribution is 2.24. The largest absolute Gasteiger partial charge is 0.369 e. The highest BCUT2D eigenvalue weighted by Gasteiger charge is 2.23. The normalized spacial score (nSPS) is 12.4. The highest BCUT2D eigenvalue weighted by atomic mass is 35.5. The van der Waals surface area contributed by atoms with Crippen molar-refractivity contribution in [2.45, 2.75) is 19.4 Å². The first-order valence-corrected chi connectivity index (χ1v) is 6.70. The Labute approximate surface area is 123 Å². The van der Waals surface area contributed by atoms with Crippen LogP contribution in [0.2, 0.25) is 5.15 Å². The number of benzene rings is 1. The number of hydrogen-bond acceptors (Lipinski definition) is 3. The molecule has 1 aromatic heterocycles. The van der Waals surface area contributed by atoms with Crippen LogP contribution in [0.4, 0.5) is 0 Å². The van der Waals surface area contributed by atoms with E-state index in [-0.39, 0.29) is 12.2 Å². The molecule has 0 amide bonds. The third-order valence-corrected chi connectivity index (χ3v) is 3.72. The van der Waals surface area contributed by atoms with Crippen molar-refractivity contribution in [1.29, 1.82) is 0 Å². The maximum atomic E-state index is 12.4. The Hall–Kier alpha value is -1.65. The molecule has 20 heavy (non-hydrogen) atoms. The van der Waals surface area contributed by atoms with E-state index < -0.39 is 6.10 Å². The van der Waals surface area contributed by atoms with Crippen LogP contribution in [0.3, 0.4) is 0 Å². The third kappa shape index (κ3) is 2.92. The molecule has 1 unspecified atom stereocenters. The van der Waals surface area contributed by atoms with Gasteiger partial charge in [-0.05, 0) is 12.5 Å². The van der Waals surface area contributed by atoms with E-state index in [9.17, 15) is 4.79 Å². The van der Waals surface area contributed by atoms with Crippen LogP contribution >= 0.6 is 11.6 Å². The van der Waals surface area contributed by atoms with Gasteiger partial charge in [0.05, 0.1) is 5.69 Å². The van der Waals surface area contributed by atoms with E-state index in [0.717, 1.165) is 16.8 Å². The SMILES string of the molecule is COC(C(=O)Cc1c(C)nn(C)c1Cl)c1ccccc1. The minimum atomic E-state index is -0.577. The average Bonchev–Trinajstić information content (AvgIpc) is 2.67. The molecular weight excluding hydrogens is 276 g/mol. The predicted molar refractivity (Wildman–Crippen MR) is 77.9 cm³/mol. The van der Waals surface area contributed by atoms with Crippen molar-refractivity contribution in [2.24, 2.45) is 7.05 Å². The number of methoxy groups -OCH3 is 1. The maximum absolute atomic E-state index is 12.4. The molecule has 2 aromatic rings. The zero-order chi connectivity index (χ0) is 14.7. The third-order valence-electron chi connectivity index (χ3n) is 3.25. The number of carbonyl (C=O) groups is 1. The molecule has 5 heteroatoms. The Balaban J connectivity index is 2.22. The summed E-state index contributed by atoms with van der Waals surface area (Å²) in [6.45, 7) is 1.85. The maximum Gasteiger partial charge on any atom is 0.170 e. The van der Waals surface area contributed by atoms with Crippen LogP contribution in [-0.2, 0) is 23.0 Å². The Morgan fingerprint density at radius 3 is 2.55 bits per heavy atom. The van der Waals surface area contributed by atoms with E-state index in [4.69, 9.17) is 16.3 Å². The summed E-state index contributed by atoms with van der Waals surface area (Å²) in [5.74, 6) is -0.0308. The Bertz CT molecular complexity index is 608. The topological polar surface area (TPSA) is 44.1 Å². The molecule has 0 radical (unpaired) electrons. The minimum Gasteiger partial charge on any atom is -0.369 e.